The third-order valence-corrected chi connectivity index (χ3v) is 3.79. The number of benzene rings is 1. The van der Waals surface area contributed by atoms with E-state index in [1.54, 1.807) is 30.5 Å². The van der Waals surface area contributed by atoms with Gasteiger partial charge >= 0.3 is 0 Å². The van der Waals surface area contributed by atoms with E-state index in [1.807, 2.05) is 6.26 Å². The molecule has 0 spiro atoms. The molecule has 0 saturated heterocycles. The summed E-state index contributed by atoms with van der Waals surface area (Å²) >= 11 is 2.63. The maximum atomic E-state index is 9.15. The first kappa shape index (κ1) is 13.4. The molecule has 1 aromatic heterocycles. The van der Waals surface area contributed by atoms with E-state index in [4.69, 9.17) is 10.4 Å². The molecule has 0 radical (unpaired) electrons. The number of aromatic hydroxyl groups is 1. The summed E-state index contributed by atoms with van der Waals surface area (Å²) in [5.41, 5.74) is 4.17. The van der Waals surface area contributed by atoms with Crippen molar-refractivity contribution < 1.29 is 5.11 Å². The first-order valence-electron chi connectivity index (χ1n) is 5.26. The SMILES string of the molecule is CSc1nsc(NN=Cc2ccc(O)cc2)c1C#N. The molecule has 1 aromatic carbocycles. The fraction of sp³-hybridized carbons (Fsp3) is 0.0833. The first-order valence-corrected chi connectivity index (χ1v) is 7.26. The lowest BCUT2D eigenvalue weighted by atomic mass is 10.2. The number of nitriles is 1. The summed E-state index contributed by atoms with van der Waals surface area (Å²) < 4.78 is 4.16. The molecule has 2 aromatic rings. The number of nitrogens with one attached hydrogen (secondary N) is 1. The number of phenolic OH excluding ortho intramolecular Hbond substituents is 1. The lowest BCUT2D eigenvalue weighted by Crippen LogP contribution is -1.90. The molecule has 7 heteroatoms. The Morgan fingerprint density at radius 2 is 2.21 bits per heavy atom. The van der Waals surface area contributed by atoms with Gasteiger partial charge in [0.15, 0.2) is 0 Å². The molecule has 0 fully saturated rings. The zero-order chi connectivity index (χ0) is 13.7. The highest BCUT2D eigenvalue weighted by Crippen LogP contribution is 2.29. The molecule has 1 heterocycles. The van der Waals surface area contributed by atoms with Crippen molar-refractivity contribution in [3.05, 3.63) is 35.4 Å². The maximum absolute atomic E-state index is 9.15. The van der Waals surface area contributed by atoms with Crippen LogP contribution in [0.4, 0.5) is 5.00 Å². The number of rotatable bonds is 4. The molecule has 0 aliphatic heterocycles. The minimum Gasteiger partial charge on any atom is -0.508 e. The Labute approximate surface area is 118 Å². The second-order valence-electron chi connectivity index (χ2n) is 3.47. The van der Waals surface area contributed by atoms with Crippen LogP contribution in [0.5, 0.6) is 5.75 Å². The van der Waals surface area contributed by atoms with Crippen LogP contribution in [0.1, 0.15) is 11.1 Å². The number of anilines is 1. The van der Waals surface area contributed by atoms with E-state index in [-0.39, 0.29) is 5.75 Å². The molecule has 0 atom stereocenters. The fourth-order valence-electron chi connectivity index (χ4n) is 1.32. The van der Waals surface area contributed by atoms with Crippen molar-refractivity contribution in [2.45, 2.75) is 5.03 Å². The lowest BCUT2D eigenvalue weighted by Gasteiger charge is -1.96. The van der Waals surface area contributed by atoms with Crippen molar-refractivity contribution >= 4 is 34.5 Å². The Hall–Kier alpha value is -2.04. The van der Waals surface area contributed by atoms with E-state index >= 15 is 0 Å². The molecule has 0 saturated carbocycles. The summed E-state index contributed by atoms with van der Waals surface area (Å²) in [4.78, 5) is 0. The number of phenols is 1. The molecule has 0 aliphatic rings. The molecule has 2 N–H and O–H groups in total. The normalized spacial score (nSPS) is 10.5. The third kappa shape index (κ3) is 3.24. The quantitative estimate of drug-likeness (QED) is 0.514. The fourth-order valence-corrected chi connectivity index (χ4v) is 2.73. The molecule has 5 nitrogen and oxygen atoms in total. The molecule has 0 unspecified atom stereocenters. The van der Waals surface area contributed by atoms with Crippen LogP contribution in [0.3, 0.4) is 0 Å². The van der Waals surface area contributed by atoms with Crippen LogP contribution in [0.15, 0.2) is 34.4 Å². The van der Waals surface area contributed by atoms with Gasteiger partial charge in [-0.3, -0.25) is 5.43 Å². The third-order valence-electron chi connectivity index (χ3n) is 2.24. The van der Waals surface area contributed by atoms with Crippen molar-refractivity contribution in [3.8, 4) is 11.8 Å². The molecular formula is C12H10N4OS2. The predicted octanol–water partition coefficient (Wildman–Crippen LogP) is 2.89. The lowest BCUT2D eigenvalue weighted by molar-refractivity contribution is 0.475. The summed E-state index contributed by atoms with van der Waals surface area (Å²) in [7, 11) is 0. The molecule has 96 valence electrons. The van der Waals surface area contributed by atoms with E-state index in [2.05, 4.69) is 21.0 Å². The van der Waals surface area contributed by atoms with Crippen molar-refractivity contribution in [2.75, 3.05) is 11.7 Å². The number of aromatic nitrogens is 1. The standard InChI is InChI=1S/C12H10N4OS2/c1-18-12-10(6-13)11(19-16-12)15-14-7-8-2-4-9(17)5-3-8/h2-5,7,15,17H,1H3. The van der Waals surface area contributed by atoms with Gasteiger partial charge in [-0.25, -0.2) is 0 Å². The van der Waals surface area contributed by atoms with Gasteiger partial charge in [0.25, 0.3) is 0 Å². The zero-order valence-electron chi connectivity index (χ0n) is 9.99. The number of hydrogen-bond acceptors (Lipinski definition) is 7. The van der Waals surface area contributed by atoms with Crippen LogP contribution in [0.25, 0.3) is 0 Å². The highest BCUT2D eigenvalue weighted by atomic mass is 32.2. The molecular weight excluding hydrogens is 280 g/mol. The summed E-state index contributed by atoms with van der Waals surface area (Å²) in [6, 6.07) is 8.76. The summed E-state index contributed by atoms with van der Waals surface area (Å²) in [6.45, 7) is 0. The maximum Gasteiger partial charge on any atom is 0.148 e. The number of hydrogen-bond donors (Lipinski definition) is 2. The average Bonchev–Trinajstić information content (AvgIpc) is 2.83. The second-order valence-corrected chi connectivity index (χ2v) is 5.04. The Morgan fingerprint density at radius 1 is 1.47 bits per heavy atom. The number of thioether (sulfide) groups is 1. The van der Waals surface area contributed by atoms with Crippen molar-refractivity contribution in [1.82, 2.24) is 4.37 Å². The molecule has 2 rings (SSSR count). The average molecular weight is 290 g/mol. The van der Waals surface area contributed by atoms with Crippen LogP contribution in [0, 0.1) is 11.3 Å². The van der Waals surface area contributed by atoms with Crippen molar-refractivity contribution in [1.29, 1.82) is 5.26 Å². The Bertz CT molecular complexity index is 628. The zero-order valence-corrected chi connectivity index (χ0v) is 11.6. The first-order chi connectivity index (χ1) is 9.24. The van der Waals surface area contributed by atoms with E-state index in [0.29, 0.717) is 15.6 Å². The van der Waals surface area contributed by atoms with Crippen molar-refractivity contribution in [2.24, 2.45) is 5.10 Å². The van der Waals surface area contributed by atoms with Crippen LogP contribution in [0.2, 0.25) is 0 Å². The minimum atomic E-state index is 0.212. The van der Waals surface area contributed by atoms with E-state index < -0.39 is 0 Å². The van der Waals surface area contributed by atoms with Gasteiger partial charge in [0.05, 0.1) is 6.21 Å². The van der Waals surface area contributed by atoms with Crippen LogP contribution in [-0.2, 0) is 0 Å². The van der Waals surface area contributed by atoms with Gasteiger partial charge < -0.3 is 5.11 Å². The van der Waals surface area contributed by atoms with Gasteiger partial charge in [-0.05, 0) is 47.6 Å². The Balaban J connectivity index is 2.08. The van der Waals surface area contributed by atoms with Crippen LogP contribution < -0.4 is 5.43 Å². The highest BCUT2D eigenvalue weighted by molar-refractivity contribution is 7.98. The molecule has 0 aliphatic carbocycles. The number of nitrogens with zero attached hydrogens (tertiary/aromatic N) is 3. The van der Waals surface area contributed by atoms with Gasteiger partial charge in [-0.1, -0.05) is 0 Å². The molecule has 0 bridgehead atoms. The van der Waals surface area contributed by atoms with E-state index in [1.165, 1.54) is 23.3 Å². The monoisotopic (exact) mass is 290 g/mol. The van der Waals surface area contributed by atoms with Gasteiger partial charge in [-0.15, -0.1) is 11.8 Å². The van der Waals surface area contributed by atoms with E-state index in [0.717, 1.165) is 5.56 Å². The minimum absolute atomic E-state index is 0.212. The summed E-state index contributed by atoms with van der Waals surface area (Å²) in [5.74, 6) is 0.212. The van der Waals surface area contributed by atoms with Gasteiger partial charge in [-0.2, -0.15) is 14.7 Å². The second kappa shape index (κ2) is 6.22. The van der Waals surface area contributed by atoms with E-state index in [9.17, 15) is 0 Å². The van der Waals surface area contributed by atoms with Crippen LogP contribution >= 0.6 is 23.3 Å². The van der Waals surface area contributed by atoms with Gasteiger partial charge in [0.1, 0.15) is 27.4 Å². The largest absolute Gasteiger partial charge is 0.508 e. The Kier molecular flexibility index (Phi) is 4.39. The van der Waals surface area contributed by atoms with Crippen molar-refractivity contribution in [3.63, 3.8) is 0 Å². The topological polar surface area (TPSA) is 81.3 Å². The predicted molar refractivity (Wildman–Crippen MR) is 77.9 cm³/mol. The Morgan fingerprint density at radius 3 is 2.84 bits per heavy atom. The van der Waals surface area contributed by atoms with Gasteiger partial charge in [0, 0.05) is 0 Å². The summed E-state index contributed by atoms with van der Waals surface area (Å²) in [5, 5.41) is 23.6. The number of hydrazone groups is 1. The highest BCUT2D eigenvalue weighted by Gasteiger charge is 2.11. The summed E-state index contributed by atoms with van der Waals surface area (Å²) in [6.07, 6.45) is 3.48. The molecule has 19 heavy (non-hydrogen) atoms. The van der Waals surface area contributed by atoms with Crippen LogP contribution in [-0.4, -0.2) is 22.0 Å². The molecule has 0 amide bonds. The van der Waals surface area contributed by atoms with Gasteiger partial charge in [0.2, 0.25) is 0 Å². The smallest absolute Gasteiger partial charge is 0.148 e.